The third-order valence-corrected chi connectivity index (χ3v) is 10.8. The van der Waals surface area contributed by atoms with E-state index in [0.717, 1.165) is 16.8 Å². The molecule has 3 aliphatic rings. The van der Waals surface area contributed by atoms with E-state index in [4.69, 9.17) is 0 Å². The molecule has 0 spiro atoms. The first-order chi connectivity index (χ1) is 18.5. The van der Waals surface area contributed by atoms with Crippen molar-refractivity contribution in [2.45, 2.75) is 37.8 Å². The summed E-state index contributed by atoms with van der Waals surface area (Å²) in [5.74, 6) is -0.766. The molecule has 1 unspecified atom stereocenters. The van der Waals surface area contributed by atoms with E-state index in [2.05, 4.69) is 13.8 Å². The van der Waals surface area contributed by atoms with Gasteiger partial charge in [-0.2, -0.15) is 0 Å². The Kier molecular flexibility index (Phi) is 4.82. The zero-order valence-corrected chi connectivity index (χ0v) is 23.0. The number of para-hydroxylation sites is 2. The Balaban J connectivity index is 1.51. The summed E-state index contributed by atoms with van der Waals surface area (Å²) in [7, 11) is 0. The fraction of sp³-hybridized carbons (Fsp3) is 0.188. The van der Waals surface area contributed by atoms with Crippen LogP contribution in [0.5, 0.6) is 0 Å². The van der Waals surface area contributed by atoms with E-state index in [0.29, 0.717) is 25.8 Å². The normalized spacial score (nSPS) is 20.4. The van der Waals surface area contributed by atoms with Crippen molar-refractivity contribution in [3.63, 3.8) is 0 Å². The fourth-order valence-electron chi connectivity index (χ4n) is 6.36. The SMILES string of the molecule is CC1(C)c2ccccc2N2c3[se]c(C=C4C(=O)c5ccccc5C4=O)cc3C(C)(C(F)(F)F)c3cccc1c32. The standard InChI is InChI=1S/C32H22F3NO2Se/c1-30(2)21-11-6-7-14-25(21)36-26-22(30)12-8-13-23(26)31(3,32(33,34)35)24-16-17(39-29(24)36)15-20-27(37)18-9-4-5-10-19(18)28(20)38/h4-16H,1-3H3. The van der Waals surface area contributed by atoms with Crippen molar-refractivity contribution in [3.8, 4) is 0 Å². The molecule has 0 saturated heterocycles. The minimum atomic E-state index is -4.57. The summed E-state index contributed by atoms with van der Waals surface area (Å²) >= 11 is -0.580. The molecule has 1 aliphatic carbocycles. The fourth-order valence-corrected chi connectivity index (χ4v) is 8.94. The van der Waals surface area contributed by atoms with Crippen LogP contribution < -0.4 is 4.90 Å². The van der Waals surface area contributed by atoms with Gasteiger partial charge in [-0.25, -0.2) is 0 Å². The summed E-state index contributed by atoms with van der Waals surface area (Å²) in [4.78, 5) is 28.1. The van der Waals surface area contributed by atoms with Crippen LogP contribution >= 0.6 is 0 Å². The summed E-state index contributed by atoms with van der Waals surface area (Å²) in [6.45, 7) is 5.36. The molecule has 0 N–H and O–H groups in total. The number of benzene rings is 3. The number of anilines is 3. The van der Waals surface area contributed by atoms with Crippen LogP contribution in [-0.2, 0) is 10.8 Å². The molecule has 3 heterocycles. The van der Waals surface area contributed by atoms with E-state index in [1.807, 2.05) is 35.2 Å². The summed E-state index contributed by atoms with van der Waals surface area (Å²) in [5.41, 5.74) is 1.67. The van der Waals surface area contributed by atoms with Crippen LogP contribution in [0.1, 0.15) is 68.2 Å². The predicted molar refractivity (Wildman–Crippen MR) is 146 cm³/mol. The second kappa shape index (κ2) is 7.71. The zero-order valence-electron chi connectivity index (χ0n) is 21.3. The molecule has 7 heteroatoms. The second-order valence-corrected chi connectivity index (χ2v) is 13.2. The Morgan fingerprint density at radius 3 is 2.03 bits per heavy atom. The molecule has 0 fully saturated rings. The average Bonchev–Trinajstić information content (AvgIpc) is 3.43. The van der Waals surface area contributed by atoms with E-state index < -0.39 is 31.5 Å². The molecule has 194 valence electrons. The van der Waals surface area contributed by atoms with Gasteiger partial charge in [-0.1, -0.05) is 0 Å². The van der Waals surface area contributed by atoms with Crippen LogP contribution in [0.4, 0.5) is 29.1 Å². The summed E-state index contributed by atoms with van der Waals surface area (Å²) in [6, 6.07) is 21.3. The van der Waals surface area contributed by atoms with Gasteiger partial charge >= 0.3 is 230 Å². The molecule has 0 bridgehead atoms. The monoisotopic (exact) mass is 589 g/mol. The number of Topliss-reactive ketones (excluding diaryl/α,β-unsaturated/α-hetero) is 2. The number of rotatable bonds is 1. The van der Waals surface area contributed by atoms with Crippen molar-refractivity contribution in [2.24, 2.45) is 0 Å². The predicted octanol–water partition coefficient (Wildman–Crippen LogP) is 7.50. The molecule has 3 aromatic carbocycles. The van der Waals surface area contributed by atoms with Gasteiger partial charge in [0, 0.05) is 0 Å². The molecule has 0 radical (unpaired) electrons. The third kappa shape index (κ3) is 3.00. The van der Waals surface area contributed by atoms with Crippen LogP contribution in [0, 0.1) is 0 Å². The van der Waals surface area contributed by atoms with E-state index in [-0.39, 0.29) is 28.3 Å². The van der Waals surface area contributed by atoms with E-state index >= 15 is 13.2 Å². The van der Waals surface area contributed by atoms with Crippen molar-refractivity contribution in [3.05, 3.63) is 116 Å². The van der Waals surface area contributed by atoms with Gasteiger partial charge in [0.05, 0.1) is 0 Å². The molecule has 4 aromatic rings. The van der Waals surface area contributed by atoms with Crippen LogP contribution in [0.15, 0.2) is 78.4 Å². The number of halogens is 3. The maximum absolute atomic E-state index is 15.1. The molecular weight excluding hydrogens is 566 g/mol. The molecule has 1 atom stereocenters. The van der Waals surface area contributed by atoms with Gasteiger partial charge in [-0.3, -0.25) is 0 Å². The van der Waals surface area contributed by atoms with E-state index in [9.17, 15) is 9.59 Å². The molecule has 3 nitrogen and oxygen atoms in total. The van der Waals surface area contributed by atoms with Crippen molar-refractivity contribution in [1.29, 1.82) is 0 Å². The topological polar surface area (TPSA) is 37.4 Å². The van der Waals surface area contributed by atoms with Gasteiger partial charge in [0.2, 0.25) is 0 Å². The molecule has 1 aromatic heterocycles. The number of allylic oxidation sites excluding steroid dienone is 1. The number of ketones is 2. The number of fused-ring (bicyclic) bond motifs is 5. The summed E-state index contributed by atoms with van der Waals surface area (Å²) in [5, 5.41) is 0. The molecule has 0 amide bonds. The molecule has 39 heavy (non-hydrogen) atoms. The molecule has 7 rings (SSSR count). The van der Waals surface area contributed by atoms with E-state index in [1.165, 1.54) is 13.0 Å². The van der Waals surface area contributed by atoms with Gasteiger partial charge in [0.1, 0.15) is 0 Å². The Hall–Kier alpha value is -3.67. The Morgan fingerprint density at radius 2 is 1.36 bits per heavy atom. The van der Waals surface area contributed by atoms with Crippen molar-refractivity contribution < 1.29 is 22.8 Å². The number of hydrogen-bond donors (Lipinski definition) is 0. The number of carbonyl (C=O) groups is 2. The maximum atomic E-state index is 15.1. The minimum absolute atomic E-state index is 0.0104. The third-order valence-electron chi connectivity index (χ3n) is 8.52. The van der Waals surface area contributed by atoms with Crippen LogP contribution in [0.25, 0.3) is 6.08 Å². The number of carbonyl (C=O) groups excluding carboxylic acids is 2. The van der Waals surface area contributed by atoms with Crippen molar-refractivity contribution in [1.82, 2.24) is 0 Å². The van der Waals surface area contributed by atoms with Crippen LogP contribution in [-0.4, -0.2) is 32.2 Å². The van der Waals surface area contributed by atoms with Gasteiger partial charge in [-0.05, 0) is 0 Å². The molecule has 0 saturated carbocycles. The summed E-state index contributed by atoms with van der Waals surface area (Å²) < 4.78 is 46.6. The van der Waals surface area contributed by atoms with Crippen LogP contribution in [0.3, 0.4) is 0 Å². The number of nitrogens with zero attached hydrogens (tertiary/aromatic N) is 1. The number of hydrogen-bond acceptors (Lipinski definition) is 3. The van der Waals surface area contributed by atoms with Gasteiger partial charge in [0.15, 0.2) is 0 Å². The average molecular weight is 588 g/mol. The molecular formula is C32H22F3NO2Se. The molecule has 2 aliphatic heterocycles. The first-order valence-corrected chi connectivity index (χ1v) is 14.3. The summed E-state index contributed by atoms with van der Waals surface area (Å²) in [6.07, 6.45) is -3.05. The quantitative estimate of drug-likeness (QED) is 0.131. The zero-order chi connectivity index (χ0) is 27.5. The second-order valence-electron chi connectivity index (χ2n) is 10.9. The first kappa shape index (κ1) is 24.4. The van der Waals surface area contributed by atoms with Crippen LogP contribution in [0.2, 0.25) is 0 Å². The first-order valence-electron chi connectivity index (χ1n) is 12.6. The van der Waals surface area contributed by atoms with Gasteiger partial charge in [-0.15, -0.1) is 0 Å². The van der Waals surface area contributed by atoms with Crippen molar-refractivity contribution in [2.75, 3.05) is 4.90 Å². The number of alkyl halides is 3. The van der Waals surface area contributed by atoms with Gasteiger partial charge < -0.3 is 0 Å². The Labute approximate surface area is 229 Å². The van der Waals surface area contributed by atoms with E-state index in [1.54, 1.807) is 42.5 Å². The Morgan fingerprint density at radius 1 is 0.769 bits per heavy atom. The van der Waals surface area contributed by atoms with Crippen molar-refractivity contribution >= 4 is 48.1 Å². The van der Waals surface area contributed by atoms with Gasteiger partial charge in [0.25, 0.3) is 0 Å². The Bertz CT molecular complexity index is 1760.